The summed E-state index contributed by atoms with van der Waals surface area (Å²) >= 11 is 0. The molecule has 4 aromatic rings. The van der Waals surface area contributed by atoms with E-state index in [1.807, 2.05) is 48.5 Å². The molecule has 1 fully saturated rings. The normalized spacial score (nSPS) is 14.0. The summed E-state index contributed by atoms with van der Waals surface area (Å²) in [5.41, 5.74) is 3.04. The number of hydrogen-bond donors (Lipinski definition) is 3. The van der Waals surface area contributed by atoms with E-state index in [-0.39, 0.29) is 11.7 Å². The fourth-order valence-electron chi connectivity index (χ4n) is 4.40. The Morgan fingerprint density at radius 2 is 1.63 bits per heavy atom. The molecule has 1 aliphatic carbocycles. The van der Waals surface area contributed by atoms with Gasteiger partial charge >= 0.3 is 0 Å². The van der Waals surface area contributed by atoms with Gasteiger partial charge < -0.3 is 16.0 Å². The fourth-order valence-corrected chi connectivity index (χ4v) is 4.40. The smallest absolute Gasteiger partial charge is 0.255 e. The summed E-state index contributed by atoms with van der Waals surface area (Å²) in [7, 11) is 0. The van der Waals surface area contributed by atoms with E-state index in [2.05, 4.69) is 16.0 Å². The lowest BCUT2D eigenvalue weighted by Gasteiger charge is -2.23. The number of benzene rings is 3. The van der Waals surface area contributed by atoms with E-state index in [0.717, 1.165) is 35.1 Å². The van der Waals surface area contributed by atoms with Crippen molar-refractivity contribution in [2.45, 2.75) is 44.7 Å². The Bertz CT molecular complexity index is 1300. The van der Waals surface area contributed by atoms with Crippen molar-refractivity contribution >= 4 is 34.3 Å². The number of hydrogen-bond acceptors (Lipinski definition) is 5. The van der Waals surface area contributed by atoms with Crippen molar-refractivity contribution in [2.75, 3.05) is 16.0 Å². The number of fused-ring (bicyclic) bond motifs is 1. The molecular weight excluding hydrogens is 441 g/mol. The quantitative estimate of drug-likeness (QED) is 0.293. The maximum atomic E-state index is 13.1. The van der Waals surface area contributed by atoms with E-state index < -0.39 is 0 Å². The number of nitrogens with zero attached hydrogens (tertiary/aromatic N) is 2. The molecular formula is C28H28FN5O. The second-order valence-electron chi connectivity index (χ2n) is 8.90. The highest BCUT2D eigenvalue weighted by Gasteiger charge is 2.15. The number of anilines is 3. The molecule has 7 heteroatoms. The van der Waals surface area contributed by atoms with E-state index in [1.54, 1.807) is 0 Å². The Morgan fingerprint density at radius 1 is 0.886 bits per heavy atom. The van der Waals surface area contributed by atoms with Gasteiger partial charge in [0.05, 0.1) is 5.52 Å². The molecule has 1 saturated carbocycles. The van der Waals surface area contributed by atoms with Crippen LogP contribution in [0.1, 0.15) is 48.0 Å². The van der Waals surface area contributed by atoms with Crippen molar-refractivity contribution in [2.24, 2.45) is 0 Å². The third-order valence-electron chi connectivity index (χ3n) is 6.32. The Kier molecular flexibility index (Phi) is 6.84. The molecule has 1 aromatic heterocycles. The van der Waals surface area contributed by atoms with E-state index in [0.29, 0.717) is 29.8 Å². The molecule has 0 saturated heterocycles. The maximum Gasteiger partial charge on any atom is 0.255 e. The third-order valence-corrected chi connectivity index (χ3v) is 6.32. The standard InChI is InChI=1S/C28H28FN5O/c29-21-14-12-20(13-15-21)27(35)31-23-16-10-19(11-17-23)18-30-26-24-8-4-5-9-25(24)33-28(34-26)32-22-6-2-1-3-7-22/h4-5,8-17,22H,1-3,6-7,18H2,(H,31,35)(H2,30,32,33,34). The summed E-state index contributed by atoms with van der Waals surface area (Å²) < 4.78 is 13.1. The summed E-state index contributed by atoms with van der Waals surface area (Å²) in [5.74, 6) is 0.813. The summed E-state index contributed by atoms with van der Waals surface area (Å²) in [4.78, 5) is 21.9. The van der Waals surface area contributed by atoms with Crippen LogP contribution in [0.3, 0.4) is 0 Å². The molecule has 0 unspecified atom stereocenters. The molecule has 3 N–H and O–H groups in total. The number of carbonyl (C=O) groups is 1. The predicted octanol–water partition coefficient (Wildman–Crippen LogP) is 6.38. The van der Waals surface area contributed by atoms with Gasteiger partial charge in [-0.2, -0.15) is 4.98 Å². The van der Waals surface area contributed by atoms with Crippen LogP contribution in [0.2, 0.25) is 0 Å². The van der Waals surface area contributed by atoms with Gasteiger partial charge in [0.1, 0.15) is 11.6 Å². The molecule has 35 heavy (non-hydrogen) atoms. The number of carbonyl (C=O) groups excluding carboxylic acids is 1. The van der Waals surface area contributed by atoms with Crippen molar-refractivity contribution in [3.8, 4) is 0 Å². The topological polar surface area (TPSA) is 78.9 Å². The monoisotopic (exact) mass is 469 g/mol. The Labute approximate surface area is 204 Å². The predicted molar refractivity (Wildman–Crippen MR) is 138 cm³/mol. The van der Waals surface area contributed by atoms with Crippen LogP contribution in [0.5, 0.6) is 0 Å². The average Bonchev–Trinajstić information content (AvgIpc) is 2.89. The summed E-state index contributed by atoms with van der Waals surface area (Å²) in [6, 6.07) is 21.5. The minimum Gasteiger partial charge on any atom is -0.365 e. The molecule has 0 radical (unpaired) electrons. The van der Waals surface area contributed by atoms with Gasteiger partial charge in [-0.25, -0.2) is 9.37 Å². The summed E-state index contributed by atoms with van der Waals surface area (Å²) in [5, 5.41) is 10.8. The van der Waals surface area contributed by atoms with Crippen molar-refractivity contribution in [1.82, 2.24) is 9.97 Å². The van der Waals surface area contributed by atoms with Gasteiger partial charge in [0, 0.05) is 29.2 Å². The van der Waals surface area contributed by atoms with Crippen LogP contribution in [-0.2, 0) is 6.54 Å². The summed E-state index contributed by atoms with van der Waals surface area (Å²) in [6.07, 6.45) is 6.11. The maximum absolute atomic E-state index is 13.1. The van der Waals surface area contributed by atoms with Gasteiger partial charge in [-0.3, -0.25) is 4.79 Å². The number of aromatic nitrogens is 2. The van der Waals surface area contributed by atoms with Gasteiger partial charge in [-0.05, 0) is 66.9 Å². The van der Waals surface area contributed by atoms with Crippen molar-refractivity contribution < 1.29 is 9.18 Å². The van der Waals surface area contributed by atoms with Gasteiger partial charge in [-0.15, -0.1) is 0 Å². The molecule has 0 bridgehead atoms. The molecule has 1 aliphatic rings. The van der Waals surface area contributed by atoms with E-state index >= 15 is 0 Å². The zero-order chi connectivity index (χ0) is 24.0. The number of halogens is 1. The van der Waals surface area contributed by atoms with Crippen LogP contribution in [0.15, 0.2) is 72.8 Å². The first-order chi connectivity index (χ1) is 17.1. The van der Waals surface area contributed by atoms with Crippen LogP contribution >= 0.6 is 0 Å². The third kappa shape index (κ3) is 5.74. The second kappa shape index (κ2) is 10.5. The molecule has 178 valence electrons. The fraction of sp³-hybridized carbons (Fsp3) is 0.250. The second-order valence-corrected chi connectivity index (χ2v) is 8.90. The largest absolute Gasteiger partial charge is 0.365 e. The first-order valence-corrected chi connectivity index (χ1v) is 12.1. The number of nitrogens with one attached hydrogen (secondary N) is 3. The first-order valence-electron chi connectivity index (χ1n) is 12.1. The summed E-state index contributed by atoms with van der Waals surface area (Å²) in [6.45, 7) is 0.579. The van der Waals surface area contributed by atoms with Crippen molar-refractivity contribution in [1.29, 1.82) is 0 Å². The van der Waals surface area contributed by atoms with Crippen molar-refractivity contribution in [3.63, 3.8) is 0 Å². The molecule has 6 nitrogen and oxygen atoms in total. The van der Waals surface area contributed by atoms with Crippen LogP contribution in [0.25, 0.3) is 10.9 Å². The Hall–Kier alpha value is -4.00. The number of rotatable bonds is 7. The number of amides is 1. The van der Waals surface area contributed by atoms with Gasteiger partial charge in [0.15, 0.2) is 0 Å². The Balaban J connectivity index is 1.26. The SMILES string of the molecule is O=C(Nc1ccc(CNc2nc(NC3CCCCC3)nc3ccccc23)cc1)c1ccc(F)cc1. The van der Waals surface area contributed by atoms with Crippen LogP contribution in [-0.4, -0.2) is 21.9 Å². The lowest BCUT2D eigenvalue weighted by molar-refractivity contribution is 0.102. The highest BCUT2D eigenvalue weighted by Crippen LogP contribution is 2.25. The number of para-hydroxylation sites is 1. The van der Waals surface area contributed by atoms with E-state index in [4.69, 9.17) is 9.97 Å². The van der Waals surface area contributed by atoms with Crippen molar-refractivity contribution in [3.05, 3.63) is 89.7 Å². The van der Waals surface area contributed by atoms with E-state index in [9.17, 15) is 9.18 Å². The first kappa shape index (κ1) is 22.8. The van der Waals surface area contributed by atoms with Gasteiger partial charge in [-0.1, -0.05) is 43.5 Å². The highest BCUT2D eigenvalue weighted by molar-refractivity contribution is 6.04. The lowest BCUT2D eigenvalue weighted by Crippen LogP contribution is -2.23. The Morgan fingerprint density at radius 3 is 2.40 bits per heavy atom. The van der Waals surface area contributed by atoms with E-state index in [1.165, 1.54) is 43.5 Å². The van der Waals surface area contributed by atoms with Gasteiger partial charge in [0.2, 0.25) is 5.95 Å². The average molecular weight is 470 g/mol. The molecule has 0 spiro atoms. The highest BCUT2D eigenvalue weighted by atomic mass is 19.1. The lowest BCUT2D eigenvalue weighted by atomic mass is 9.96. The minimum atomic E-state index is -0.369. The molecule has 0 aliphatic heterocycles. The van der Waals surface area contributed by atoms with Crippen LogP contribution in [0.4, 0.5) is 21.8 Å². The van der Waals surface area contributed by atoms with Crippen LogP contribution < -0.4 is 16.0 Å². The zero-order valence-electron chi connectivity index (χ0n) is 19.4. The minimum absolute atomic E-state index is 0.277. The zero-order valence-corrected chi connectivity index (χ0v) is 19.4. The molecule has 5 rings (SSSR count). The molecule has 0 atom stereocenters. The van der Waals surface area contributed by atoms with Crippen LogP contribution in [0, 0.1) is 5.82 Å². The van der Waals surface area contributed by atoms with Gasteiger partial charge in [0.25, 0.3) is 5.91 Å². The molecule has 1 amide bonds. The molecule has 3 aromatic carbocycles. The molecule has 1 heterocycles.